The zero-order valence-corrected chi connectivity index (χ0v) is 15.9. The highest BCUT2D eigenvalue weighted by Crippen LogP contribution is 2.16. The summed E-state index contributed by atoms with van der Waals surface area (Å²) in [4.78, 5) is 29.7. The molecule has 1 unspecified atom stereocenters. The number of aromatic nitrogens is 1. The Morgan fingerprint density at radius 3 is 2.85 bits per heavy atom. The zero-order valence-electron chi connectivity index (χ0n) is 15.1. The Labute approximate surface area is 161 Å². The molecular formula is C19H22N2O5S. The van der Waals surface area contributed by atoms with Crippen molar-refractivity contribution in [2.24, 2.45) is 0 Å². The molecule has 1 aromatic carbocycles. The first-order valence-corrected chi connectivity index (χ1v) is 9.57. The minimum Gasteiger partial charge on any atom is -0.491 e. The fourth-order valence-corrected chi connectivity index (χ4v) is 3.44. The molecule has 0 bridgehead atoms. The second-order valence-electron chi connectivity index (χ2n) is 6.17. The largest absolute Gasteiger partial charge is 0.491 e. The van der Waals surface area contributed by atoms with Gasteiger partial charge in [0.15, 0.2) is 5.78 Å². The summed E-state index contributed by atoms with van der Waals surface area (Å²) >= 11 is 1.66. The summed E-state index contributed by atoms with van der Waals surface area (Å²) in [5.74, 6) is -0.163. The van der Waals surface area contributed by atoms with Gasteiger partial charge in [0.2, 0.25) is 0 Å². The normalized spacial score (nSPS) is 17.4. The summed E-state index contributed by atoms with van der Waals surface area (Å²) in [5, 5.41) is 3.08. The van der Waals surface area contributed by atoms with Crippen LogP contribution < -0.4 is 4.74 Å². The Balaban J connectivity index is 1.46. The topological polar surface area (TPSA) is 78.0 Å². The van der Waals surface area contributed by atoms with Crippen LogP contribution in [0.1, 0.15) is 21.8 Å². The van der Waals surface area contributed by atoms with Crippen LogP contribution in [-0.4, -0.2) is 61.2 Å². The van der Waals surface area contributed by atoms with Gasteiger partial charge in [-0.1, -0.05) is 0 Å². The van der Waals surface area contributed by atoms with Gasteiger partial charge in [-0.15, -0.1) is 11.3 Å². The molecule has 7 nitrogen and oxygen atoms in total. The Morgan fingerprint density at radius 2 is 2.15 bits per heavy atom. The fourth-order valence-electron chi connectivity index (χ4n) is 2.78. The van der Waals surface area contributed by atoms with Gasteiger partial charge in [0, 0.05) is 30.2 Å². The van der Waals surface area contributed by atoms with Crippen molar-refractivity contribution in [3.8, 4) is 5.75 Å². The first kappa shape index (κ1) is 19.5. The summed E-state index contributed by atoms with van der Waals surface area (Å²) in [6, 6.07) is 6.75. The highest BCUT2D eigenvalue weighted by Gasteiger charge is 2.22. The molecule has 2 heterocycles. The molecule has 1 aliphatic heterocycles. The van der Waals surface area contributed by atoms with E-state index in [4.69, 9.17) is 9.47 Å². The first-order valence-electron chi connectivity index (χ1n) is 8.69. The van der Waals surface area contributed by atoms with E-state index in [1.807, 2.05) is 11.6 Å². The molecule has 1 aromatic heterocycles. The standard InChI is InChI=1S/C19H22N2O5S/c1-24-19(23)10-17(22)14-2-4-15(5-3-14)26-13-16-11-21(7-8-25-16)12-18-20-6-9-27-18/h2-6,9,16H,7-8,10-13H2,1H3. The van der Waals surface area contributed by atoms with Gasteiger partial charge in [-0.2, -0.15) is 0 Å². The van der Waals surface area contributed by atoms with Crippen molar-refractivity contribution < 1.29 is 23.8 Å². The first-order chi connectivity index (χ1) is 13.1. The SMILES string of the molecule is COC(=O)CC(=O)c1ccc(OCC2CN(Cc3nccs3)CCO2)cc1. The van der Waals surface area contributed by atoms with Crippen LogP contribution in [0.15, 0.2) is 35.8 Å². The molecule has 1 saturated heterocycles. The maximum absolute atomic E-state index is 11.9. The maximum atomic E-state index is 11.9. The summed E-state index contributed by atoms with van der Waals surface area (Å²) in [5.41, 5.74) is 0.455. The number of rotatable bonds is 8. The van der Waals surface area contributed by atoms with Gasteiger partial charge in [-0.25, -0.2) is 4.98 Å². The van der Waals surface area contributed by atoms with Gasteiger partial charge in [0.05, 0.1) is 20.3 Å². The molecule has 0 N–H and O–H groups in total. The van der Waals surface area contributed by atoms with Crippen molar-refractivity contribution >= 4 is 23.1 Å². The molecule has 1 fully saturated rings. The minimum atomic E-state index is -0.544. The Kier molecular flexibility index (Phi) is 6.92. The molecule has 8 heteroatoms. The highest BCUT2D eigenvalue weighted by molar-refractivity contribution is 7.09. The molecule has 0 aliphatic carbocycles. The lowest BCUT2D eigenvalue weighted by Crippen LogP contribution is -2.44. The highest BCUT2D eigenvalue weighted by atomic mass is 32.1. The lowest BCUT2D eigenvalue weighted by atomic mass is 10.1. The van der Waals surface area contributed by atoms with E-state index >= 15 is 0 Å². The molecule has 0 spiro atoms. The molecule has 2 aromatic rings. The second kappa shape index (κ2) is 9.59. The van der Waals surface area contributed by atoms with Crippen molar-refractivity contribution in [1.29, 1.82) is 0 Å². The fraction of sp³-hybridized carbons (Fsp3) is 0.421. The molecule has 0 saturated carbocycles. The van der Waals surface area contributed by atoms with Crippen molar-refractivity contribution in [2.75, 3.05) is 33.4 Å². The molecule has 1 aliphatic rings. The minimum absolute atomic E-state index is 0.0145. The van der Waals surface area contributed by atoms with E-state index in [-0.39, 0.29) is 18.3 Å². The number of Topliss-reactive ketones (excluding diaryl/α,β-unsaturated/α-hetero) is 1. The number of benzene rings is 1. The van der Waals surface area contributed by atoms with E-state index in [2.05, 4.69) is 14.6 Å². The number of hydrogen-bond donors (Lipinski definition) is 0. The van der Waals surface area contributed by atoms with E-state index in [0.29, 0.717) is 24.5 Å². The number of ketones is 1. The number of ether oxygens (including phenoxy) is 3. The van der Waals surface area contributed by atoms with E-state index in [1.165, 1.54) is 7.11 Å². The average Bonchev–Trinajstić information content (AvgIpc) is 3.20. The number of carbonyl (C=O) groups is 2. The quantitative estimate of drug-likeness (QED) is 0.388. The van der Waals surface area contributed by atoms with Crippen LogP contribution in [0, 0.1) is 0 Å². The van der Waals surface area contributed by atoms with Gasteiger partial charge >= 0.3 is 5.97 Å². The van der Waals surface area contributed by atoms with E-state index in [0.717, 1.165) is 24.6 Å². The van der Waals surface area contributed by atoms with Crippen LogP contribution in [0.3, 0.4) is 0 Å². The zero-order chi connectivity index (χ0) is 19.1. The van der Waals surface area contributed by atoms with Crippen LogP contribution in [0.2, 0.25) is 0 Å². The molecule has 3 rings (SSSR count). The number of nitrogens with zero attached hydrogens (tertiary/aromatic N) is 2. The smallest absolute Gasteiger partial charge is 0.313 e. The van der Waals surface area contributed by atoms with Crippen molar-refractivity contribution in [3.05, 3.63) is 46.4 Å². The molecular weight excluding hydrogens is 368 g/mol. The Hall–Kier alpha value is -2.29. The van der Waals surface area contributed by atoms with Gasteiger partial charge < -0.3 is 14.2 Å². The number of carbonyl (C=O) groups excluding carboxylic acids is 2. The monoisotopic (exact) mass is 390 g/mol. The summed E-state index contributed by atoms with van der Waals surface area (Å²) in [6.07, 6.45) is 1.54. The predicted octanol–water partition coefficient (Wildman–Crippen LogP) is 2.17. The number of methoxy groups -OCH3 is 1. The number of thiazole rings is 1. The van der Waals surface area contributed by atoms with Gasteiger partial charge in [-0.05, 0) is 24.3 Å². The molecule has 0 amide bonds. The lowest BCUT2D eigenvalue weighted by molar-refractivity contribution is -0.139. The summed E-state index contributed by atoms with van der Waals surface area (Å²) in [7, 11) is 1.26. The van der Waals surface area contributed by atoms with Crippen LogP contribution in [-0.2, 0) is 20.8 Å². The second-order valence-corrected chi connectivity index (χ2v) is 7.14. The summed E-state index contributed by atoms with van der Waals surface area (Å²) in [6.45, 7) is 3.60. The third-order valence-electron chi connectivity index (χ3n) is 4.21. The molecule has 1 atom stereocenters. The van der Waals surface area contributed by atoms with Gasteiger partial charge in [0.25, 0.3) is 0 Å². The Bertz CT molecular complexity index is 748. The van der Waals surface area contributed by atoms with Gasteiger partial charge in [-0.3, -0.25) is 14.5 Å². The van der Waals surface area contributed by atoms with E-state index in [9.17, 15) is 9.59 Å². The number of hydrogen-bond acceptors (Lipinski definition) is 8. The van der Waals surface area contributed by atoms with Crippen LogP contribution in [0.4, 0.5) is 0 Å². The van der Waals surface area contributed by atoms with Crippen LogP contribution in [0.25, 0.3) is 0 Å². The molecule has 0 radical (unpaired) electrons. The number of esters is 1. The third kappa shape index (κ3) is 5.85. The van der Waals surface area contributed by atoms with E-state index < -0.39 is 5.97 Å². The van der Waals surface area contributed by atoms with Crippen LogP contribution in [0.5, 0.6) is 5.75 Å². The van der Waals surface area contributed by atoms with Crippen molar-refractivity contribution in [2.45, 2.75) is 19.1 Å². The number of morpholine rings is 1. The lowest BCUT2D eigenvalue weighted by Gasteiger charge is -2.32. The van der Waals surface area contributed by atoms with Crippen molar-refractivity contribution in [1.82, 2.24) is 9.88 Å². The predicted molar refractivity (Wildman–Crippen MR) is 100 cm³/mol. The average molecular weight is 390 g/mol. The molecule has 144 valence electrons. The van der Waals surface area contributed by atoms with Crippen LogP contribution >= 0.6 is 11.3 Å². The van der Waals surface area contributed by atoms with E-state index in [1.54, 1.807) is 35.6 Å². The summed E-state index contributed by atoms with van der Waals surface area (Å²) < 4.78 is 16.1. The third-order valence-corrected chi connectivity index (χ3v) is 4.97. The Morgan fingerprint density at radius 1 is 1.33 bits per heavy atom. The van der Waals surface area contributed by atoms with Gasteiger partial charge in [0.1, 0.15) is 29.9 Å². The molecule has 27 heavy (non-hydrogen) atoms. The maximum Gasteiger partial charge on any atom is 0.313 e. The van der Waals surface area contributed by atoms with Crippen molar-refractivity contribution in [3.63, 3.8) is 0 Å².